The molecule has 0 aromatic heterocycles. The molecule has 2 rings (SSSR count). The molecule has 0 radical (unpaired) electrons. The van der Waals surface area contributed by atoms with Crippen LogP contribution in [0.1, 0.15) is 25.0 Å². The van der Waals surface area contributed by atoms with Crippen LogP contribution in [0.25, 0.3) is 10.8 Å². The molecule has 1 nitrogen and oxygen atoms in total. The minimum atomic E-state index is 0.941. The van der Waals surface area contributed by atoms with Gasteiger partial charge in [0.05, 0.1) is 0 Å². The van der Waals surface area contributed by atoms with Gasteiger partial charge in [-0.1, -0.05) is 60.4 Å². The number of thiocarbonyl (C=S) groups is 1. The average Bonchev–Trinajstić information content (AvgIpc) is 2.48. The Labute approximate surface area is 131 Å². The standard InChI is InChI=1S/C17H21NS2/c1-4-18(5-2)17(19)20-12-14-11-10-13(3)15-8-6-7-9-16(14)15/h6-11H,4-5,12H2,1-3H3. The van der Waals surface area contributed by atoms with Crippen LogP contribution in [0.2, 0.25) is 0 Å². The lowest BCUT2D eigenvalue weighted by atomic mass is 10.0. The summed E-state index contributed by atoms with van der Waals surface area (Å²) in [5.41, 5.74) is 2.70. The van der Waals surface area contributed by atoms with E-state index in [1.54, 1.807) is 11.8 Å². The van der Waals surface area contributed by atoms with E-state index in [0.29, 0.717) is 0 Å². The molecule has 0 saturated heterocycles. The van der Waals surface area contributed by atoms with Crippen molar-refractivity contribution in [1.82, 2.24) is 4.90 Å². The lowest BCUT2D eigenvalue weighted by Crippen LogP contribution is -2.26. The summed E-state index contributed by atoms with van der Waals surface area (Å²) in [6, 6.07) is 13.1. The van der Waals surface area contributed by atoms with Crippen molar-refractivity contribution in [2.45, 2.75) is 26.5 Å². The average molecular weight is 303 g/mol. The molecule has 0 saturated carbocycles. The third-order valence-electron chi connectivity index (χ3n) is 3.61. The van der Waals surface area contributed by atoms with Crippen LogP contribution in [0.5, 0.6) is 0 Å². The van der Waals surface area contributed by atoms with Gasteiger partial charge in [-0.3, -0.25) is 0 Å². The maximum Gasteiger partial charge on any atom is 0.136 e. The number of rotatable bonds is 4. The van der Waals surface area contributed by atoms with Gasteiger partial charge in [0.25, 0.3) is 0 Å². The van der Waals surface area contributed by atoms with Crippen molar-refractivity contribution < 1.29 is 0 Å². The van der Waals surface area contributed by atoms with Gasteiger partial charge in [0.2, 0.25) is 0 Å². The number of hydrogen-bond acceptors (Lipinski definition) is 2. The minimum absolute atomic E-state index is 0.941. The summed E-state index contributed by atoms with van der Waals surface area (Å²) in [5.74, 6) is 0.941. The van der Waals surface area contributed by atoms with Gasteiger partial charge in [0.15, 0.2) is 0 Å². The zero-order valence-electron chi connectivity index (χ0n) is 12.3. The summed E-state index contributed by atoms with van der Waals surface area (Å²) in [6.07, 6.45) is 0. The lowest BCUT2D eigenvalue weighted by Gasteiger charge is -2.21. The minimum Gasteiger partial charge on any atom is -0.358 e. The molecule has 106 valence electrons. The summed E-state index contributed by atoms with van der Waals surface area (Å²) in [6.45, 7) is 8.43. The quantitative estimate of drug-likeness (QED) is 0.731. The van der Waals surface area contributed by atoms with Crippen molar-refractivity contribution in [3.8, 4) is 0 Å². The van der Waals surface area contributed by atoms with Crippen LogP contribution in [0.3, 0.4) is 0 Å². The number of hydrogen-bond donors (Lipinski definition) is 0. The summed E-state index contributed by atoms with van der Waals surface area (Å²) >= 11 is 7.28. The van der Waals surface area contributed by atoms with Gasteiger partial charge < -0.3 is 4.90 Å². The fourth-order valence-electron chi connectivity index (χ4n) is 2.35. The van der Waals surface area contributed by atoms with Crippen LogP contribution in [0.15, 0.2) is 36.4 Å². The zero-order chi connectivity index (χ0) is 14.5. The molecule has 3 heteroatoms. The van der Waals surface area contributed by atoms with Crippen molar-refractivity contribution in [2.75, 3.05) is 13.1 Å². The van der Waals surface area contributed by atoms with Gasteiger partial charge in [-0.15, -0.1) is 0 Å². The molecule has 2 aromatic rings. The highest BCUT2D eigenvalue weighted by Gasteiger charge is 2.08. The third-order valence-corrected chi connectivity index (χ3v) is 5.18. The highest BCUT2D eigenvalue weighted by Crippen LogP contribution is 2.26. The second-order valence-corrected chi connectivity index (χ2v) is 6.42. The molecule has 0 spiro atoms. The van der Waals surface area contributed by atoms with E-state index < -0.39 is 0 Å². The molecule has 2 aromatic carbocycles. The Morgan fingerprint density at radius 1 is 1.05 bits per heavy atom. The molecule has 0 aliphatic rings. The Morgan fingerprint density at radius 3 is 2.35 bits per heavy atom. The molecular formula is C17H21NS2. The van der Waals surface area contributed by atoms with E-state index >= 15 is 0 Å². The van der Waals surface area contributed by atoms with Crippen molar-refractivity contribution in [2.24, 2.45) is 0 Å². The van der Waals surface area contributed by atoms with Crippen LogP contribution >= 0.6 is 24.0 Å². The Balaban J connectivity index is 2.19. The summed E-state index contributed by atoms with van der Waals surface area (Å²) < 4.78 is 1.000. The molecule has 0 aliphatic carbocycles. The Morgan fingerprint density at radius 2 is 1.70 bits per heavy atom. The number of aryl methyl sites for hydroxylation is 1. The number of benzene rings is 2. The molecule has 20 heavy (non-hydrogen) atoms. The Kier molecular flexibility index (Phi) is 5.44. The van der Waals surface area contributed by atoms with Crippen LogP contribution < -0.4 is 0 Å². The maximum atomic E-state index is 5.51. The fraction of sp³-hybridized carbons (Fsp3) is 0.353. The topological polar surface area (TPSA) is 3.24 Å². The first-order valence-electron chi connectivity index (χ1n) is 7.06. The predicted molar refractivity (Wildman–Crippen MR) is 95.5 cm³/mol. The van der Waals surface area contributed by atoms with Gasteiger partial charge in [0, 0.05) is 18.8 Å². The normalized spacial score (nSPS) is 10.8. The Hall–Kier alpha value is -1.06. The maximum absolute atomic E-state index is 5.51. The molecule has 0 heterocycles. The summed E-state index contributed by atoms with van der Waals surface area (Å²) in [7, 11) is 0. The number of fused-ring (bicyclic) bond motifs is 1. The van der Waals surface area contributed by atoms with E-state index in [1.165, 1.54) is 21.9 Å². The monoisotopic (exact) mass is 303 g/mol. The highest BCUT2D eigenvalue weighted by atomic mass is 32.2. The molecule has 0 aliphatic heterocycles. The Bertz CT molecular complexity index is 603. The molecule has 0 N–H and O–H groups in total. The van der Waals surface area contributed by atoms with Crippen LogP contribution in [0, 0.1) is 6.92 Å². The van der Waals surface area contributed by atoms with Gasteiger partial charge in [-0.05, 0) is 42.7 Å². The van der Waals surface area contributed by atoms with Crippen molar-refractivity contribution in [1.29, 1.82) is 0 Å². The SMILES string of the molecule is CCN(CC)C(=S)SCc1ccc(C)c2ccccc12. The van der Waals surface area contributed by atoms with Crippen LogP contribution in [-0.4, -0.2) is 22.3 Å². The molecule has 0 bridgehead atoms. The number of thioether (sulfide) groups is 1. The van der Waals surface area contributed by atoms with Gasteiger partial charge >= 0.3 is 0 Å². The molecule has 0 amide bonds. The largest absolute Gasteiger partial charge is 0.358 e. The van der Waals surface area contributed by atoms with E-state index in [4.69, 9.17) is 12.2 Å². The first-order chi connectivity index (χ1) is 9.67. The lowest BCUT2D eigenvalue weighted by molar-refractivity contribution is 0.482. The van der Waals surface area contributed by atoms with Gasteiger partial charge in [-0.2, -0.15) is 0 Å². The van der Waals surface area contributed by atoms with E-state index in [0.717, 1.165) is 23.2 Å². The first-order valence-corrected chi connectivity index (χ1v) is 8.45. The summed E-state index contributed by atoms with van der Waals surface area (Å²) in [4.78, 5) is 2.23. The predicted octanol–water partition coefficient (Wildman–Crippen LogP) is 5.01. The smallest absolute Gasteiger partial charge is 0.136 e. The van der Waals surface area contributed by atoms with E-state index in [9.17, 15) is 0 Å². The van der Waals surface area contributed by atoms with Gasteiger partial charge in [-0.25, -0.2) is 0 Å². The van der Waals surface area contributed by atoms with E-state index in [-0.39, 0.29) is 0 Å². The first kappa shape index (κ1) is 15.3. The van der Waals surface area contributed by atoms with Crippen molar-refractivity contribution in [3.63, 3.8) is 0 Å². The van der Waals surface area contributed by atoms with E-state index in [1.807, 2.05) is 0 Å². The fourth-order valence-corrected chi connectivity index (χ4v) is 3.76. The van der Waals surface area contributed by atoms with Crippen LogP contribution in [-0.2, 0) is 5.75 Å². The third kappa shape index (κ3) is 3.33. The van der Waals surface area contributed by atoms with E-state index in [2.05, 4.69) is 62.1 Å². The second-order valence-electron chi connectivity index (χ2n) is 4.81. The van der Waals surface area contributed by atoms with Crippen LogP contribution in [0.4, 0.5) is 0 Å². The van der Waals surface area contributed by atoms with Crippen molar-refractivity contribution in [3.05, 3.63) is 47.5 Å². The second kappa shape index (κ2) is 7.09. The highest BCUT2D eigenvalue weighted by molar-refractivity contribution is 8.22. The van der Waals surface area contributed by atoms with Crippen molar-refractivity contribution >= 4 is 39.1 Å². The molecular weight excluding hydrogens is 282 g/mol. The molecule has 0 fully saturated rings. The molecule has 0 unspecified atom stereocenters. The summed E-state index contributed by atoms with van der Waals surface area (Å²) in [5, 5.41) is 2.70. The number of nitrogens with zero attached hydrogens (tertiary/aromatic N) is 1. The molecule has 0 atom stereocenters. The zero-order valence-corrected chi connectivity index (χ0v) is 14.0. The van der Waals surface area contributed by atoms with Gasteiger partial charge in [0.1, 0.15) is 4.32 Å².